The maximum absolute atomic E-state index is 12.6. The van der Waals surface area contributed by atoms with E-state index < -0.39 is 33.1 Å². The Bertz CT molecular complexity index is 929. The predicted molar refractivity (Wildman–Crippen MR) is 83.2 cm³/mol. The van der Waals surface area contributed by atoms with Gasteiger partial charge in [-0.2, -0.15) is 8.42 Å². The fourth-order valence-electron chi connectivity index (χ4n) is 2.30. The summed E-state index contributed by atoms with van der Waals surface area (Å²) in [6.07, 6.45) is 0. The number of benzene rings is 1. The minimum absolute atomic E-state index is 0.0251. The summed E-state index contributed by atoms with van der Waals surface area (Å²) in [5, 5.41) is 10.1. The van der Waals surface area contributed by atoms with Crippen LogP contribution in [0.25, 0.3) is 0 Å². The number of carbonyl (C=O) groups is 1. The fraction of sp³-hybridized carbons (Fsp3) is 0.200. The first-order valence-corrected chi connectivity index (χ1v) is 8.20. The summed E-state index contributed by atoms with van der Waals surface area (Å²) < 4.78 is 32.0. The summed E-state index contributed by atoms with van der Waals surface area (Å²) in [6.45, 7) is 1.36. The molecule has 23 heavy (non-hydrogen) atoms. The third-order valence-corrected chi connectivity index (χ3v) is 4.18. The molecule has 2 aromatic rings. The first-order chi connectivity index (χ1) is 10.6. The molecule has 1 aromatic heterocycles. The number of nitrogens with zero attached hydrogens (tertiary/aromatic N) is 1. The van der Waals surface area contributed by atoms with E-state index in [1.54, 1.807) is 18.2 Å². The van der Waals surface area contributed by atoms with Gasteiger partial charge in [0.05, 0.1) is 5.56 Å². The Morgan fingerprint density at radius 1 is 1.22 bits per heavy atom. The molecule has 0 bridgehead atoms. The number of aromatic hydroxyl groups is 1. The van der Waals surface area contributed by atoms with Gasteiger partial charge >= 0.3 is 0 Å². The van der Waals surface area contributed by atoms with Gasteiger partial charge in [0.25, 0.3) is 15.7 Å². The fourth-order valence-corrected chi connectivity index (χ4v) is 3.01. The molecule has 0 saturated heterocycles. The Morgan fingerprint density at radius 3 is 2.30 bits per heavy atom. The van der Waals surface area contributed by atoms with E-state index in [9.17, 15) is 23.1 Å². The lowest BCUT2D eigenvalue weighted by Gasteiger charge is -2.14. The van der Waals surface area contributed by atoms with Gasteiger partial charge in [-0.25, -0.2) is 0 Å². The number of hydrogen-bond donors (Lipinski definition) is 2. The lowest BCUT2D eigenvalue weighted by molar-refractivity contribution is 0.103. The van der Waals surface area contributed by atoms with E-state index in [2.05, 4.69) is 0 Å². The van der Waals surface area contributed by atoms with Gasteiger partial charge in [0.2, 0.25) is 5.88 Å². The second-order valence-corrected chi connectivity index (χ2v) is 6.54. The molecule has 0 aliphatic carbocycles. The van der Waals surface area contributed by atoms with E-state index in [4.69, 9.17) is 4.55 Å². The first kappa shape index (κ1) is 16.9. The molecule has 8 heteroatoms. The minimum Gasteiger partial charge on any atom is -0.494 e. The van der Waals surface area contributed by atoms with Crippen molar-refractivity contribution in [3.63, 3.8) is 0 Å². The van der Waals surface area contributed by atoms with Crippen LogP contribution in [0.2, 0.25) is 0 Å². The zero-order valence-corrected chi connectivity index (χ0v) is 13.3. The van der Waals surface area contributed by atoms with Crippen molar-refractivity contribution in [1.82, 2.24) is 4.57 Å². The van der Waals surface area contributed by atoms with Crippen LogP contribution in [0.4, 0.5) is 0 Å². The molecule has 0 unspecified atom stereocenters. The molecule has 0 radical (unpaired) electrons. The smallest absolute Gasteiger partial charge is 0.269 e. The molecular weight excluding hydrogens is 322 g/mol. The minimum atomic E-state index is -4.47. The van der Waals surface area contributed by atoms with Crippen LogP contribution in [0.5, 0.6) is 5.88 Å². The highest BCUT2D eigenvalue weighted by molar-refractivity contribution is 7.85. The lowest BCUT2D eigenvalue weighted by Crippen LogP contribution is -2.27. The SMILES string of the molecule is Cc1c(C(=O)c2ccccc2)c(O)n(C)c(=O)c1CS(=O)(=O)O. The van der Waals surface area contributed by atoms with Crippen molar-refractivity contribution < 1.29 is 22.9 Å². The largest absolute Gasteiger partial charge is 0.494 e. The maximum atomic E-state index is 12.6. The number of carbonyl (C=O) groups excluding carboxylic acids is 1. The van der Waals surface area contributed by atoms with Crippen molar-refractivity contribution in [2.75, 3.05) is 0 Å². The van der Waals surface area contributed by atoms with Gasteiger partial charge in [-0.05, 0) is 12.5 Å². The summed E-state index contributed by atoms with van der Waals surface area (Å²) in [6, 6.07) is 8.07. The summed E-state index contributed by atoms with van der Waals surface area (Å²) in [7, 11) is -3.25. The molecule has 2 N–H and O–H groups in total. The Kier molecular flexibility index (Phi) is 4.39. The van der Waals surface area contributed by atoms with Gasteiger partial charge in [0, 0.05) is 18.2 Å². The molecule has 122 valence electrons. The number of aromatic nitrogens is 1. The quantitative estimate of drug-likeness (QED) is 0.636. The second kappa shape index (κ2) is 5.98. The second-order valence-electron chi connectivity index (χ2n) is 5.09. The number of pyridine rings is 1. The Hall–Kier alpha value is -2.45. The van der Waals surface area contributed by atoms with Crippen molar-refractivity contribution in [2.45, 2.75) is 12.7 Å². The molecule has 0 aliphatic heterocycles. The summed E-state index contributed by atoms with van der Waals surface area (Å²) >= 11 is 0. The van der Waals surface area contributed by atoms with Crippen molar-refractivity contribution in [3.8, 4) is 5.88 Å². The van der Waals surface area contributed by atoms with Crippen molar-refractivity contribution >= 4 is 15.9 Å². The maximum Gasteiger partial charge on any atom is 0.269 e. The lowest BCUT2D eigenvalue weighted by atomic mass is 9.97. The van der Waals surface area contributed by atoms with Gasteiger partial charge in [0.15, 0.2) is 5.78 Å². The average molecular weight is 337 g/mol. The van der Waals surface area contributed by atoms with Crippen molar-refractivity contribution in [2.24, 2.45) is 7.05 Å². The highest BCUT2D eigenvalue weighted by Gasteiger charge is 2.25. The molecule has 0 atom stereocenters. The van der Waals surface area contributed by atoms with Gasteiger partial charge in [0.1, 0.15) is 5.75 Å². The molecule has 0 fully saturated rings. The van der Waals surface area contributed by atoms with Gasteiger partial charge < -0.3 is 5.11 Å². The van der Waals surface area contributed by atoms with Crippen LogP contribution in [0, 0.1) is 6.92 Å². The average Bonchev–Trinajstić information content (AvgIpc) is 2.49. The topological polar surface area (TPSA) is 114 Å². The Labute approximate surface area is 132 Å². The van der Waals surface area contributed by atoms with Gasteiger partial charge in [-0.1, -0.05) is 30.3 Å². The summed E-state index contributed by atoms with van der Waals surface area (Å²) in [4.78, 5) is 24.7. The Balaban J connectivity index is 2.75. The molecule has 2 rings (SSSR count). The van der Waals surface area contributed by atoms with Crippen LogP contribution in [0.15, 0.2) is 35.1 Å². The van der Waals surface area contributed by atoms with Crippen LogP contribution in [-0.2, 0) is 22.9 Å². The summed E-state index contributed by atoms with van der Waals surface area (Å²) in [5.41, 5.74) is -0.911. The molecule has 0 aliphatic rings. The monoisotopic (exact) mass is 337 g/mol. The third kappa shape index (κ3) is 3.33. The molecule has 1 heterocycles. The van der Waals surface area contributed by atoms with Crippen molar-refractivity contribution in [1.29, 1.82) is 0 Å². The molecule has 0 saturated carbocycles. The first-order valence-electron chi connectivity index (χ1n) is 6.60. The zero-order chi connectivity index (χ0) is 17.4. The van der Waals surface area contributed by atoms with E-state index in [1.165, 1.54) is 26.1 Å². The molecular formula is C15H15NO6S. The van der Waals surface area contributed by atoms with Crippen LogP contribution in [0.1, 0.15) is 27.0 Å². The van der Waals surface area contributed by atoms with Crippen molar-refractivity contribution in [3.05, 3.63) is 62.9 Å². The molecule has 0 spiro atoms. The van der Waals surface area contributed by atoms with E-state index in [0.717, 1.165) is 4.57 Å². The van der Waals surface area contributed by atoms with E-state index in [0.29, 0.717) is 0 Å². The standard InChI is InChI=1S/C15H15NO6S/c1-9-11(8-23(20,21)22)14(18)16(2)15(19)12(9)13(17)10-6-4-3-5-7-10/h3-7,19H,8H2,1-2H3,(H,20,21,22). The number of hydrogen-bond acceptors (Lipinski definition) is 5. The van der Waals surface area contributed by atoms with Gasteiger partial charge in [-0.15, -0.1) is 0 Å². The highest BCUT2D eigenvalue weighted by atomic mass is 32.2. The third-order valence-electron chi connectivity index (χ3n) is 3.52. The van der Waals surface area contributed by atoms with E-state index in [-0.39, 0.29) is 22.3 Å². The van der Waals surface area contributed by atoms with Gasteiger partial charge in [-0.3, -0.25) is 18.7 Å². The van der Waals surface area contributed by atoms with Crippen LogP contribution < -0.4 is 5.56 Å². The Morgan fingerprint density at radius 2 is 1.78 bits per heavy atom. The molecule has 0 amide bonds. The van der Waals surface area contributed by atoms with E-state index in [1.807, 2.05) is 0 Å². The predicted octanol–water partition coefficient (Wildman–Crippen LogP) is 1.02. The van der Waals surface area contributed by atoms with E-state index >= 15 is 0 Å². The van der Waals surface area contributed by atoms with Crippen LogP contribution >= 0.6 is 0 Å². The number of ketones is 1. The van der Waals surface area contributed by atoms with Crippen LogP contribution in [0.3, 0.4) is 0 Å². The van der Waals surface area contributed by atoms with Crippen LogP contribution in [-0.4, -0.2) is 28.4 Å². The highest BCUT2D eigenvalue weighted by Crippen LogP contribution is 2.25. The normalized spacial score (nSPS) is 11.4. The summed E-state index contributed by atoms with van der Waals surface area (Å²) in [5.74, 6) is -2.03. The zero-order valence-electron chi connectivity index (χ0n) is 12.5. The molecule has 7 nitrogen and oxygen atoms in total. The molecule has 1 aromatic carbocycles. The number of rotatable bonds is 4.